The number of nitrogens with zero attached hydrogens (tertiary/aromatic N) is 3. The molecule has 110 valence electrons. The van der Waals surface area contributed by atoms with E-state index in [-0.39, 0.29) is 0 Å². The average molecular weight is 296 g/mol. The molecule has 0 unspecified atom stereocenters. The van der Waals surface area contributed by atoms with Crippen molar-refractivity contribution in [2.45, 2.75) is 6.92 Å². The lowest BCUT2D eigenvalue weighted by Gasteiger charge is -2.05. The molecule has 0 radical (unpaired) electrons. The van der Waals surface area contributed by atoms with E-state index < -0.39 is 33.7 Å². The SMILES string of the molecule is Cc1nn(C)cc1NC(=O)c1cc(F)c([N+](=O)[O-])cc1F. The highest BCUT2D eigenvalue weighted by atomic mass is 19.1. The number of nitro benzene ring substituents is 1. The quantitative estimate of drug-likeness (QED) is 0.694. The number of benzene rings is 1. The third-order valence-electron chi connectivity index (χ3n) is 2.74. The molecule has 0 aliphatic rings. The van der Waals surface area contributed by atoms with Gasteiger partial charge in [0.15, 0.2) is 0 Å². The molecule has 0 atom stereocenters. The van der Waals surface area contributed by atoms with Gasteiger partial charge in [0, 0.05) is 13.2 Å². The van der Waals surface area contributed by atoms with Crippen molar-refractivity contribution in [3.63, 3.8) is 0 Å². The van der Waals surface area contributed by atoms with Crippen LogP contribution in [0.4, 0.5) is 20.2 Å². The van der Waals surface area contributed by atoms with Crippen LogP contribution in [-0.2, 0) is 7.05 Å². The highest BCUT2D eigenvalue weighted by Gasteiger charge is 2.22. The molecule has 0 saturated carbocycles. The largest absolute Gasteiger partial charge is 0.319 e. The number of nitro groups is 1. The highest BCUT2D eigenvalue weighted by Crippen LogP contribution is 2.22. The summed E-state index contributed by atoms with van der Waals surface area (Å²) in [6, 6.07) is 0.870. The molecule has 2 rings (SSSR count). The standard InChI is InChI=1S/C12H10F2N4O3/c1-6-10(5-17(2)16-6)15-12(19)7-3-9(14)11(18(20)21)4-8(7)13/h3-5H,1-2H3,(H,15,19). The second-order valence-electron chi connectivity index (χ2n) is 4.30. The summed E-state index contributed by atoms with van der Waals surface area (Å²) < 4.78 is 28.6. The molecule has 0 saturated heterocycles. The number of aromatic nitrogens is 2. The Balaban J connectivity index is 2.34. The van der Waals surface area contributed by atoms with Gasteiger partial charge < -0.3 is 5.32 Å². The minimum Gasteiger partial charge on any atom is -0.319 e. The Morgan fingerprint density at radius 3 is 2.57 bits per heavy atom. The summed E-state index contributed by atoms with van der Waals surface area (Å²) in [7, 11) is 1.63. The van der Waals surface area contributed by atoms with Gasteiger partial charge in [-0.25, -0.2) is 4.39 Å². The van der Waals surface area contributed by atoms with Gasteiger partial charge in [-0.2, -0.15) is 9.49 Å². The molecule has 2 aromatic rings. The van der Waals surface area contributed by atoms with Gasteiger partial charge in [-0.3, -0.25) is 19.6 Å². The average Bonchev–Trinajstić information content (AvgIpc) is 2.69. The number of carbonyl (C=O) groups is 1. The molecule has 0 aliphatic carbocycles. The molecule has 0 spiro atoms. The third kappa shape index (κ3) is 2.86. The maximum atomic E-state index is 13.7. The van der Waals surface area contributed by atoms with Crippen molar-refractivity contribution < 1.29 is 18.5 Å². The summed E-state index contributed by atoms with van der Waals surface area (Å²) in [6.07, 6.45) is 1.49. The van der Waals surface area contributed by atoms with Crippen molar-refractivity contribution >= 4 is 17.3 Å². The molecule has 0 aliphatic heterocycles. The highest BCUT2D eigenvalue weighted by molar-refractivity contribution is 6.04. The predicted molar refractivity (Wildman–Crippen MR) is 68.9 cm³/mol. The number of anilines is 1. The number of hydrogen-bond donors (Lipinski definition) is 1. The molecule has 0 bridgehead atoms. The minimum atomic E-state index is -1.28. The lowest BCUT2D eigenvalue weighted by Crippen LogP contribution is -2.15. The summed E-state index contributed by atoms with van der Waals surface area (Å²) in [5, 5.41) is 16.8. The third-order valence-corrected chi connectivity index (χ3v) is 2.74. The fourth-order valence-corrected chi connectivity index (χ4v) is 1.76. The van der Waals surface area contributed by atoms with Crippen LogP contribution in [0.15, 0.2) is 18.3 Å². The Morgan fingerprint density at radius 1 is 1.38 bits per heavy atom. The smallest absolute Gasteiger partial charge is 0.307 e. The summed E-state index contributed by atoms with van der Waals surface area (Å²) in [5.41, 5.74) is -0.822. The number of carbonyl (C=O) groups excluding carboxylic acids is 1. The van der Waals surface area contributed by atoms with Gasteiger partial charge >= 0.3 is 5.69 Å². The van der Waals surface area contributed by atoms with E-state index in [0.29, 0.717) is 23.5 Å². The lowest BCUT2D eigenvalue weighted by molar-refractivity contribution is -0.387. The number of aryl methyl sites for hydroxylation is 2. The van der Waals surface area contributed by atoms with Crippen molar-refractivity contribution in [3.05, 3.63) is 51.3 Å². The molecule has 9 heteroatoms. The van der Waals surface area contributed by atoms with Crippen molar-refractivity contribution in [1.82, 2.24) is 9.78 Å². The molecule has 7 nitrogen and oxygen atoms in total. The van der Waals surface area contributed by atoms with Gasteiger partial charge in [-0.05, 0) is 13.0 Å². The van der Waals surface area contributed by atoms with Crippen molar-refractivity contribution in [2.75, 3.05) is 5.32 Å². The second-order valence-corrected chi connectivity index (χ2v) is 4.30. The van der Waals surface area contributed by atoms with Crippen molar-refractivity contribution in [1.29, 1.82) is 0 Å². The Hall–Kier alpha value is -2.84. The fraction of sp³-hybridized carbons (Fsp3) is 0.167. The molecule has 21 heavy (non-hydrogen) atoms. The zero-order valence-electron chi connectivity index (χ0n) is 11.1. The molecule has 0 fully saturated rings. The summed E-state index contributed by atoms with van der Waals surface area (Å²) in [4.78, 5) is 21.3. The van der Waals surface area contributed by atoms with E-state index in [1.165, 1.54) is 10.9 Å². The first-order valence-corrected chi connectivity index (χ1v) is 5.74. The molecule has 1 aromatic heterocycles. The van der Waals surface area contributed by atoms with Crippen LogP contribution in [0.1, 0.15) is 16.1 Å². The fourth-order valence-electron chi connectivity index (χ4n) is 1.76. The van der Waals surface area contributed by atoms with Gasteiger partial charge in [0.1, 0.15) is 5.82 Å². The van der Waals surface area contributed by atoms with Gasteiger partial charge in [0.25, 0.3) is 5.91 Å². The normalized spacial score (nSPS) is 10.5. The predicted octanol–water partition coefficient (Wildman–Crippen LogP) is 2.17. The first-order valence-electron chi connectivity index (χ1n) is 5.74. The van der Waals surface area contributed by atoms with Gasteiger partial charge in [-0.15, -0.1) is 0 Å². The Labute approximate surface area is 117 Å². The zero-order valence-corrected chi connectivity index (χ0v) is 11.1. The van der Waals surface area contributed by atoms with E-state index in [1.54, 1.807) is 14.0 Å². The van der Waals surface area contributed by atoms with Crippen LogP contribution in [0, 0.1) is 28.7 Å². The van der Waals surface area contributed by atoms with Gasteiger partial charge in [0.2, 0.25) is 5.82 Å². The van der Waals surface area contributed by atoms with Gasteiger partial charge in [0.05, 0.1) is 27.9 Å². The number of halogens is 2. The summed E-state index contributed by atoms with van der Waals surface area (Å²) in [5.74, 6) is -3.38. The Kier molecular flexibility index (Phi) is 3.66. The minimum absolute atomic E-state index is 0.334. The van der Waals surface area contributed by atoms with Crippen LogP contribution in [0.25, 0.3) is 0 Å². The van der Waals surface area contributed by atoms with Gasteiger partial charge in [-0.1, -0.05) is 0 Å². The Bertz CT molecular complexity index is 742. The molecule has 1 amide bonds. The monoisotopic (exact) mass is 296 g/mol. The molecule has 1 N–H and O–H groups in total. The van der Waals surface area contributed by atoms with Crippen LogP contribution >= 0.6 is 0 Å². The number of nitrogens with one attached hydrogen (secondary N) is 1. The maximum Gasteiger partial charge on any atom is 0.307 e. The van der Waals surface area contributed by atoms with E-state index in [4.69, 9.17) is 0 Å². The van der Waals surface area contributed by atoms with Crippen molar-refractivity contribution in [2.24, 2.45) is 7.05 Å². The van der Waals surface area contributed by atoms with Crippen LogP contribution in [0.5, 0.6) is 0 Å². The first kappa shape index (κ1) is 14.6. The summed E-state index contributed by atoms with van der Waals surface area (Å²) >= 11 is 0. The molecule has 1 heterocycles. The van der Waals surface area contributed by atoms with Crippen LogP contribution < -0.4 is 5.32 Å². The lowest BCUT2D eigenvalue weighted by atomic mass is 10.1. The van der Waals surface area contributed by atoms with Crippen LogP contribution in [0.3, 0.4) is 0 Å². The van der Waals surface area contributed by atoms with Crippen molar-refractivity contribution in [3.8, 4) is 0 Å². The zero-order chi connectivity index (χ0) is 15.7. The van der Waals surface area contributed by atoms with E-state index in [0.717, 1.165) is 0 Å². The van der Waals surface area contributed by atoms with E-state index >= 15 is 0 Å². The first-order chi connectivity index (χ1) is 9.79. The number of hydrogen-bond acceptors (Lipinski definition) is 4. The number of amides is 1. The topological polar surface area (TPSA) is 90.1 Å². The molecular formula is C12H10F2N4O3. The molecule has 1 aromatic carbocycles. The molecular weight excluding hydrogens is 286 g/mol. The van der Waals surface area contributed by atoms with Crippen LogP contribution in [0.2, 0.25) is 0 Å². The van der Waals surface area contributed by atoms with E-state index in [1.807, 2.05) is 0 Å². The second kappa shape index (κ2) is 5.27. The number of rotatable bonds is 3. The van der Waals surface area contributed by atoms with Crippen LogP contribution in [-0.4, -0.2) is 20.6 Å². The summed E-state index contributed by atoms with van der Waals surface area (Å²) in [6.45, 7) is 1.63. The van der Waals surface area contributed by atoms with E-state index in [9.17, 15) is 23.7 Å². The maximum absolute atomic E-state index is 13.7. The Morgan fingerprint density at radius 2 is 2.05 bits per heavy atom. The van der Waals surface area contributed by atoms with E-state index in [2.05, 4.69) is 10.4 Å².